The predicted molar refractivity (Wildman–Crippen MR) is 81.4 cm³/mol. The lowest BCUT2D eigenvalue weighted by atomic mass is 10.0. The number of nitrogens with one attached hydrogen (secondary N) is 1. The Morgan fingerprint density at radius 1 is 1.29 bits per heavy atom. The Bertz CT molecular complexity index is 641. The lowest BCUT2D eigenvalue weighted by Gasteiger charge is -2.21. The first-order valence-electron chi connectivity index (χ1n) is 7.41. The van der Waals surface area contributed by atoms with Gasteiger partial charge in [0.25, 0.3) is 0 Å². The van der Waals surface area contributed by atoms with Crippen molar-refractivity contribution in [3.8, 4) is 0 Å². The van der Waals surface area contributed by atoms with Crippen molar-refractivity contribution in [2.45, 2.75) is 38.5 Å². The third-order valence-corrected chi connectivity index (χ3v) is 4.27. The van der Waals surface area contributed by atoms with Crippen molar-refractivity contribution in [3.05, 3.63) is 70.5 Å². The van der Waals surface area contributed by atoms with Gasteiger partial charge in [0.05, 0.1) is 6.61 Å². The molecule has 110 valence electrons. The fourth-order valence-corrected chi connectivity index (χ4v) is 3.11. The summed E-state index contributed by atoms with van der Waals surface area (Å²) in [4.78, 5) is 0. The van der Waals surface area contributed by atoms with Gasteiger partial charge in [0.2, 0.25) is 0 Å². The van der Waals surface area contributed by atoms with Gasteiger partial charge in [0.1, 0.15) is 5.82 Å². The number of hydrogen-bond acceptors (Lipinski definition) is 2. The zero-order valence-corrected chi connectivity index (χ0v) is 12.1. The summed E-state index contributed by atoms with van der Waals surface area (Å²) < 4.78 is 13.4. The Morgan fingerprint density at radius 2 is 2.14 bits per heavy atom. The fraction of sp³-hybridized carbons (Fsp3) is 0.333. The summed E-state index contributed by atoms with van der Waals surface area (Å²) in [5.41, 5.74) is 4.38. The van der Waals surface area contributed by atoms with Crippen LogP contribution in [0.1, 0.15) is 47.7 Å². The number of aliphatic hydroxyl groups is 1. The van der Waals surface area contributed by atoms with E-state index in [1.54, 1.807) is 6.07 Å². The van der Waals surface area contributed by atoms with Crippen molar-refractivity contribution in [1.29, 1.82) is 0 Å². The molecule has 0 amide bonds. The molecular weight excluding hydrogens is 265 g/mol. The maximum absolute atomic E-state index is 13.4. The summed E-state index contributed by atoms with van der Waals surface area (Å²) in [6, 6.07) is 13.4. The Labute approximate surface area is 124 Å². The Balaban J connectivity index is 1.77. The summed E-state index contributed by atoms with van der Waals surface area (Å²) in [6.45, 7) is 2.16. The van der Waals surface area contributed by atoms with Crippen LogP contribution in [0.4, 0.5) is 4.39 Å². The zero-order valence-electron chi connectivity index (χ0n) is 12.1. The number of aliphatic hydroxyl groups excluding tert-OH is 1. The van der Waals surface area contributed by atoms with Gasteiger partial charge < -0.3 is 10.4 Å². The fourth-order valence-electron chi connectivity index (χ4n) is 3.11. The second kappa shape index (κ2) is 5.96. The standard InChI is InChI=1S/C18H20FNO/c1-12(15-4-2-3-13(9-15)11-21)20-18-8-6-14-5-7-16(19)10-17(14)18/h2-5,7,9-10,12,18,20-21H,6,8,11H2,1H3. The van der Waals surface area contributed by atoms with Crippen LogP contribution in [0, 0.1) is 5.82 Å². The van der Waals surface area contributed by atoms with Gasteiger partial charge in [-0.15, -0.1) is 0 Å². The highest BCUT2D eigenvalue weighted by atomic mass is 19.1. The first-order chi connectivity index (χ1) is 10.2. The van der Waals surface area contributed by atoms with Gasteiger partial charge in [0.15, 0.2) is 0 Å². The molecule has 0 saturated carbocycles. The third kappa shape index (κ3) is 2.99. The predicted octanol–water partition coefficient (Wildman–Crippen LogP) is 3.66. The second-order valence-corrected chi connectivity index (χ2v) is 5.73. The molecule has 0 aliphatic heterocycles. The van der Waals surface area contributed by atoms with Crippen LogP contribution in [0.25, 0.3) is 0 Å². The van der Waals surface area contributed by atoms with Crippen molar-refractivity contribution in [2.24, 2.45) is 0 Å². The highest BCUT2D eigenvalue weighted by Gasteiger charge is 2.24. The Morgan fingerprint density at radius 3 is 2.95 bits per heavy atom. The molecule has 2 aromatic carbocycles. The van der Waals surface area contributed by atoms with E-state index in [1.165, 1.54) is 11.6 Å². The number of rotatable bonds is 4. The maximum Gasteiger partial charge on any atom is 0.123 e. The number of aryl methyl sites for hydroxylation is 1. The summed E-state index contributed by atoms with van der Waals surface area (Å²) >= 11 is 0. The SMILES string of the molecule is CC(NC1CCc2ccc(F)cc21)c1cccc(CO)c1. The van der Waals surface area contributed by atoms with Crippen LogP contribution < -0.4 is 5.32 Å². The summed E-state index contributed by atoms with van der Waals surface area (Å²) in [5, 5.41) is 12.8. The molecular formula is C18H20FNO. The van der Waals surface area contributed by atoms with E-state index in [0.29, 0.717) is 0 Å². The van der Waals surface area contributed by atoms with Crippen LogP contribution in [-0.4, -0.2) is 5.11 Å². The maximum atomic E-state index is 13.4. The minimum atomic E-state index is -0.169. The molecule has 2 N–H and O–H groups in total. The van der Waals surface area contributed by atoms with Gasteiger partial charge in [-0.1, -0.05) is 30.3 Å². The molecule has 0 fully saturated rings. The number of benzene rings is 2. The average Bonchev–Trinajstić information content (AvgIpc) is 2.89. The van der Waals surface area contributed by atoms with Crippen molar-refractivity contribution < 1.29 is 9.50 Å². The van der Waals surface area contributed by atoms with E-state index >= 15 is 0 Å². The number of hydrogen-bond donors (Lipinski definition) is 2. The van der Waals surface area contributed by atoms with E-state index in [2.05, 4.69) is 18.3 Å². The Hall–Kier alpha value is -1.71. The van der Waals surface area contributed by atoms with Gasteiger partial charge in [0, 0.05) is 12.1 Å². The zero-order chi connectivity index (χ0) is 14.8. The van der Waals surface area contributed by atoms with Gasteiger partial charge in [-0.3, -0.25) is 0 Å². The molecule has 0 spiro atoms. The number of halogens is 1. The van der Waals surface area contributed by atoms with E-state index in [0.717, 1.165) is 29.5 Å². The Kier molecular flexibility index (Phi) is 4.04. The van der Waals surface area contributed by atoms with Crippen molar-refractivity contribution in [1.82, 2.24) is 5.32 Å². The van der Waals surface area contributed by atoms with Gasteiger partial charge in [-0.05, 0) is 54.2 Å². The lowest BCUT2D eigenvalue weighted by molar-refractivity contribution is 0.281. The lowest BCUT2D eigenvalue weighted by Crippen LogP contribution is -2.23. The van der Waals surface area contributed by atoms with Crippen LogP contribution in [-0.2, 0) is 13.0 Å². The molecule has 1 aliphatic carbocycles. The molecule has 0 aromatic heterocycles. The molecule has 2 atom stereocenters. The summed E-state index contributed by atoms with van der Waals surface area (Å²) in [6.07, 6.45) is 2.00. The van der Waals surface area contributed by atoms with Gasteiger partial charge in [-0.25, -0.2) is 4.39 Å². The smallest absolute Gasteiger partial charge is 0.123 e. The van der Waals surface area contributed by atoms with Crippen LogP contribution in [0.2, 0.25) is 0 Å². The first-order valence-corrected chi connectivity index (χ1v) is 7.41. The minimum Gasteiger partial charge on any atom is -0.392 e. The molecule has 0 radical (unpaired) electrons. The third-order valence-electron chi connectivity index (χ3n) is 4.27. The van der Waals surface area contributed by atoms with Crippen LogP contribution >= 0.6 is 0 Å². The molecule has 2 nitrogen and oxygen atoms in total. The molecule has 1 aliphatic rings. The second-order valence-electron chi connectivity index (χ2n) is 5.73. The molecule has 0 bridgehead atoms. The van der Waals surface area contributed by atoms with E-state index in [4.69, 9.17) is 0 Å². The molecule has 0 saturated heterocycles. The summed E-state index contributed by atoms with van der Waals surface area (Å²) in [7, 11) is 0. The largest absolute Gasteiger partial charge is 0.392 e. The van der Waals surface area contributed by atoms with E-state index < -0.39 is 0 Å². The highest BCUT2D eigenvalue weighted by Crippen LogP contribution is 2.33. The molecule has 2 aromatic rings. The van der Waals surface area contributed by atoms with E-state index in [-0.39, 0.29) is 24.5 Å². The molecule has 2 unspecified atom stereocenters. The van der Waals surface area contributed by atoms with Crippen molar-refractivity contribution in [2.75, 3.05) is 0 Å². The van der Waals surface area contributed by atoms with Crippen molar-refractivity contribution >= 4 is 0 Å². The first kappa shape index (κ1) is 14.2. The normalized spacial score (nSPS) is 18.5. The van der Waals surface area contributed by atoms with Crippen LogP contribution in [0.15, 0.2) is 42.5 Å². The quantitative estimate of drug-likeness (QED) is 0.898. The van der Waals surface area contributed by atoms with E-state index in [1.807, 2.05) is 24.3 Å². The molecule has 21 heavy (non-hydrogen) atoms. The highest BCUT2D eigenvalue weighted by molar-refractivity contribution is 5.35. The van der Waals surface area contributed by atoms with Crippen molar-refractivity contribution in [3.63, 3.8) is 0 Å². The molecule has 3 rings (SSSR count). The van der Waals surface area contributed by atoms with Crippen LogP contribution in [0.3, 0.4) is 0 Å². The van der Waals surface area contributed by atoms with Gasteiger partial charge >= 0.3 is 0 Å². The summed E-state index contributed by atoms with van der Waals surface area (Å²) in [5.74, 6) is -0.169. The minimum absolute atomic E-state index is 0.0536. The molecule has 3 heteroatoms. The van der Waals surface area contributed by atoms with Gasteiger partial charge in [-0.2, -0.15) is 0 Å². The molecule has 0 heterocycles. The topological polar surface area (TPSA) is 32.3 Å². The van der Waals surface area contributed by atoms with E-state index in [9.17, 15) is 9.50 Å². The average molecular weight is 285 g/mol. The van der Waals surface area contributed by atoms with Crippen LogP contribution in [0.5, 0.6) is 0 Å². The monoisotopic (exact) mass is 285 g/mol. The number of fused-ring (bicyclic) bond motifs is 1.